The topological polar surface area (TPSA) is 61.9 Å². The van der Waals surface area contributed by atoms with Gasteiger partial charge in [0.25, 0.3) is 0 Å². The smallest absolute Gasteiger partial charge is 0.317 e. The molecule has 0 spiro atoms. The van der Waals surface area contributed by atoms with Gasteiger partial charge in [-0.2, -0.15) is 0 Å². The molecule has 27 heavy (non-hydrogen) atoms. The molecular weight excluding hydrogens is 362 g/mol. The lowest BCUT2D eigenvalue weighted by atomic mass is 10.2. The Balaban J connectivity index is 2.12. The predicted octanol–water partition coefficient (Wildman–Crippen LogP) is 3.49. The van der Waals surface area contributed by atoms with Gasteiger partial charge in [0.2, 0.25) is 5.91 Å². The van der Waals surface area contributed by atoms with Gasteiger partial charge in [-0.3, -0.25) is 4.79 Å². The first-order chi connectivity index (χ1) is 12.9. The van der Waals surface area contributed by atoms with Crippen LogP contribution in [0, 0.1) is 0 Å². The molecule has 0 aromatic heterocycles. The molecule has 3 amide bonds. The van der Waals surface area contributed by atoms with Gasteiger partial charge in [0.1, 0.15) is 11.1 Å². The summed E-state index contributed by atoms with van der Waals surface area (Å²) in [5, 5.41) is 2.86. The second kappa shape index (κ2) is 9.88. The SMILES string of the molecule is CC[C@@H]1S[C@@H](c2ccc(OC)cc2)N(CCN(CC)C(=O)NC(C)C)C1=O. The highest BCUT2D eigenvalue weighted by Gasteiger charge is 2.39. The van der Waals surface area contributed by atoms with E-state index in [1.54, 1.807) is 23.8 Å². The fourth-order valence-electron chi connectivity index (χ4n) is 3.08. The summed E-state index contributed by atoms with van der Waals surface area (Å²) in [6.07, 6.45) is 0.804. The van der Waals surface area contributed by atoms with Crippen molar-refractivity contribution in [3.8, 4) is 5.75 Å². The first-order valence-corrected chi connectivity index (χ1v) is 10.5. The van der Waals surface area contributed by atoms with E-state index in [1.165, 1.54) is 0 Å². The number of thioether (sulfide) groups is 1. The molecule has 1 fully saturated rings. The number of amides is 3. The number of nitrogens with zero attached hydrogens (tertiary/aromatic N) is 2. The lowest BCUT2D eigenvalue weighted by molar-refractivity contribution is -0.130. The Labute approximate surface area is 166 Å². The minimum absolute atomic E-state index is 0.0276. The van der Waals surface area contributed by atoms with Crippen LogP contribution in [0.15, 0.2) is 24.3 Å². The number of benzene rings is 1. The first-order valence-electron chi connectivity index (χ1n) is 9.56. The second-order valence-electron chi connectivity index (χ2n) is 6.87. The molecule has 0 radical (unpaired) electrons. The molecule has 1 saturated heterocycles. The van der Waals surface area contributed by atoms with Crippen molar-refractivity contribution in [2.45, 2.75) is 50.8 Å². The van der Waals surface area contributed by atoms with Crippen molar-refractivity contribution >= 4 is 23.7 Å². The number of nitrogens with one attached hydrogen (secondary N) is 1. The minimum atomic E-state index is -0.0835. The number of likely N-dealkylation sites (N-methyl/N-ethyl adjacent to an activating group) is 1. The van der Waals surface area contributed by atoms with Crippen LogP contribution < -0.4 is 10.1 Å². The number of ether oxygens (including phenoxy) is 1. The molecule has 2 atom stereocenters. The Morgan fingerprint density at radius 1 is 1.30 bits per heavy atom. The van der Waals surface area contributed by atoms with Crippen molar-refractivity contribution in [2.24, 2.45) is 0 Å². The Morgan fingerprint density at radius 3 is 2.48 bits per heavy atom. The van der Waals surface area contributed by atoms with E-state index in [9.17, 15) is 9.59 Å². The molecule has 7 heteroatoms. The standard InChI is InChI=1S/C20H31N3O3S/c1-6-17-18(24)23(13-12-22(7-2)20(25)21-14(3)4)19(27-17)15-8-10-16(26-5)11-9-15/h8-11,14,17,19H,6-7,12-13H2,1-5H3,(H,21,25)/t17-,19-/m0/s1. The van der Waals surface area contributed by atoms with Crippen molar-refractivity contribution in [3.63, 3.8) is 0 Å². The van der Waals surface area contributed by atoms with Gasteiger partial charge in [-0.1, -0.05) is 19.1 Å². The van der Waals surface area contributed by atoms with Gasteiger partial charge < -0.3 is 19.9 Å². The maximum atomic E-state index is 12.9. The second-order valence-corrected chi connectivity index (χ2v) is 8.16. The Kier molecular flexibility index (Phi) is 7.83. The molecule has 1 aliphatic rings. The fraction of sp³-hybridized carbons (Fsp3) is 0.600. The van der Waals surface area contributed by atoms with Gasteiger partial charge in [-0.15, -0.1) is 11.8 Å². The lowest BCUT2D eigenvalue weighted by Gasteiger charge is -2.29. The third-order valence-corrected chi connectivity index (χ3v) is 6.25. The van der Waals surface area contributed by atoms with Gasteiger partial charge in [0, 0.05) is 25.7 Å². The molecule has 1 N–H and O–H groups in total. The van der Waals surface area contributed by atoms with Crippen LogP contribution in [0.5, 0.6) is 5.75 Å². The fourth-order valence-corrected chi connectivity index (χ4v) is 4.51. The van der Waals surface area contributed by atoms with Crippen molar-refractivity contribution < 1.29 is 14.3 Å². The molecule has 0 unspecified atom stereocenters. The maximum Gasteiger partial charge on any atom is 0.317 e. The maximum absolute atomic E-state index is 12.9. The molecule has 0 aliphatic carbocycles. The van der Waals surface area contributed by atoms with Crippen LogP contribution in [-0.4, -0.2) is 59.8 Å². The van der Waals surface area contributed by atoms with Crippen LogP contribution in [-0.2, 0) is 4.79 Å². The number of methoxy groups -OCH3 is 1. The van der Waals surface area contributed by atoms with E-state index in [-0.39, 0.29) is 28.6 Å². The monoisotopic (exact) mass is 393 g/mol. The van der Waals surface area contributed by atoms with E-state index >= 15 is 0 Å². The molecular formula is C20H31N3O3S. The Hall–Kier alpha value is -1.89. The summed E-state index contributed by atoms with van der Waals surface area (Å²) in [5.74, 6) is 0.956. The van der Waals surface area contributed by atoms with Gasteiger partial charge in [-0.05, 0) is 44.9 Å². The molecule has 1 aromatic carbocycles. The van der Waals surface area contributed by atoms with E-state index in [2.05, 4.69) is 5.32 Å². The van der Waals surface area contributed by atoms with E-state index < -0.39 is 0 Å². The number of hydrogen-bond acceptors (Lipinski definition) is 4. The van der Waals surface area contributed by atoms with Crippen molar-refractivity contribution in [3.05, 3.63) is 29.8 Å². The molecule has 1 aliphatic heterocycles. The van der Waals surface area contributed by atoms with Gasteiger partial charge in [-0.25, -0.2) is 4.79 Å². The number of urea groups is 1. The Bertz CT molecular complexity index is 636. The van der Waals surface area contributed by atoms with Crippen molar-refractivity contribution in [1.82, 2.24) is 15.1 Å². The van der Waals surface area contributed by atoms with E-state index in [0.717, 1.165) is 17.7 Å². The zero-order valence-electron chi connectivity index (χ0n) is 16.9. The summed E-state index contributed by atoms with van der Waals surface area (Å²) in [6.45, 7) is 9.53. The summed E-state index contributed by atoms with van der Waals surface area (Å²) in [7, 11) is 1.64. The zero-order chi connectivity index (χ0) is 20.0. The first kappa shape index (κ1) is 21.4. The van der Waals surface area contributed by atoms with Crippen LogP contribution in [0.2, 0.25) is 0 Å². The van der Waals surface area contributed by atoms with E-state index in [4.69, 9.17) is 4.74 Å². The zero-order valence-corrected chi connectivity index (χ0v) is 17.7. The molecule has 6 nitrogen and oxygen atoms in total. The average Bonchev–Trinajstić information content (AvgIpc) is 2.97. The molecule has 2 rings (SSSR count). The van der Waals surface area contributed by atoms with Crippen LogP contribution >= 0.6 is 11.8 Å². The summed E-state index contributed by atoms with van der Waals surface area (Å²) >= 11 is 1.69. The largest absolute Gasteiger partial charge is 0.497 e. The highest BCUT2D eigenvalue weighted by atomic mass is 32.2. The minimum Gasteiger partial charge on any atom is -0.497 e. The molecule has 0 bridgehead atoms. The number of hydrogen-bond donors (Lipinski definition) is 1. The van der Waals surface area contributed by atoms with E-state index in [1.807, 2.05) is 56.9 Å². The molecule has 1 aromatic rings. The average molecular weight is 394 g/mol. The quantitative estimate of drug-likeness (QED) is 0.734. The number of rotatable bonds is 8. The molecule has 150 valence electrons. The van der Waals surface area contributed by atoms with Crippen LogP contribution in [0.3, 0.4) is 0 Å². The van der Waals surface area contributed by atoms with Gasteiger partial charge in [0.05, 0.1) is 12.4 Å². The van der Waals surface area contributed by atoms with Gasteiger partial charge >= 0.3 is 6.03 Å². The summed E-state index contributed by atoms with van der Waals surface area (Å²) < 4.78 is 5.24. The van der Waals surface area contributed by atoms with Crippen LogP contribution in [0.4, 0.5) is 4.79 Å². The highest BCUT2D eigenvalue weighted by molar-refractivity contribution is 8.01. The third-order valence-electron chi connectivity index (χ3n) is 4.60. The Morgan fingerprint density at radius 2 is 1.96 bits per heavy atom. The van der Waals surface area contributed by atoms with Crippen molar-refractivity contribution in [2.75, 3.05) is 26.7 Å². The number of carbonyl (C=O) groups excluding carboxylic acids is 2. The summed E-state index contributed by atoms with van der Waals surface area (Å²) in [6, 6.07) is 7.88. The summed E-state index contributed by atoms with van der Waals surface area (Å²) in [5.41, 5.74) is 1.08. The molecule has 0 saturated carbocycles. The lowest BCUT2D eigenvalue weighted by Crippen LogP contribution is -2.46. The summed E-state index contributed by atoms with van der Waals surface area (Å²) in [4.78, 5) is 28.8. The molecule has 1 heterocycles. The van der Waals surface area contributed by atoms with Crippen LogP contribution in [0.1, 0.15) is 45.1 Å². The normalized spacial score (nSPS) is 19.5. The van der Waals surface area contributed by atoms with E-state index in [0.29, 0.717) is 19.6 Å². The predicted molar refractivity (Wildman–Crippen MR) is 110 cm³/mol. The highest BCUT2D eigenvalue weighted by Crippen LogP contribution is 2.44. The van der Waals surface area contributed by atoms with Crippen LogP contribution in [0.25, 0.3) is 0 Å². The van der Waals surface area contributed by atoms with Gasteiger partial charge in [0.15, 0.2) is 0 Å². The van der Waals surface area contributed by atoms with Crippen molar-refractivity contribution in [1.29, 1.82) is 0 Å². The third kappa shape index (κ3) is 5.31. The number of carbonyl (C=O) groups is 2.